The molecule has 1 aromatic carbocycles. The number of hydrogen-bond acceptors (Lipinski definition) is 2. The highest BCUT2D eigenvalue weighted by Gasteiger charge is 2.23. The molecular weight excluding hydrogens is 229 g/mol. The van der Waals surface area contributed by atoms with Gasteiger partial charge in [-0.2, -0.15) is 0 Å². The van der Waals surface area contributed by atoms with Gasteiger partial charge in [-0.15, -0.1) is 0 Å². The maximum atomic E-state index is 13.0. The van der Waals surface area contributed by atoms with Crippen LogP contribution in [0.5, 0.6) is 0 Å². The summed E-state index contributed by atoms with van der Waals surface area (Å²) in [6.07, 6.45) is 2.08. The lowest BCUT2D eigenvalue weighted by Crippen LogP contribution is -2.37. The van der Waals surface area contributed by atoms with Gasteiger partial charge in [0.1, 0.15) is 11.6 Å². The molecule has 1 atom stereocenters. The molecule has 0 N–H and O–H groups in total. The topological polar surface area (TPSA) is 20.3 Å². The number of carbonyl (C=O) groups excluding carboxylic acids is 1. The number of carbonyl (C=O) groups is 1. The quantitative estimate of drug-likeness (QED) is 0.821. The first-order valence-corrected chi connectivity index (χ1v) is 6.54. The van der Waals surface area contributed by atoms with Crippen LogP contribution < -0.4 is 0 Å². The van der Waals surface area contributed by atoms with Gasteiger partial charge >= 0.3 is 0 Å². The zero-order valence-corrected chi connectivity index (χ0v) is 11.1. The molecule has 1 heterocycles. The van der Waals surface area contributed by atoms with E-state index >= 15 is 0 Å². The maximum absolute atomic E-state index is 13.0. The van der Waals surface area contributed by atoms with Gasteiger partial charge in [-0.3, -0.25) is 9.69 Å². The lowest BCUT2D eigenvalue weighted by Gasteiger charge is -2.31. The highest BCUT2D eigenvalue weighted by molar-refractivity contribution is 5.78. The van der Waals surface area contributed by atoms with Crippen molar-refractivity contribution >= 4 is 5.78 Å². The molecule has 1 aliphatic heterocycles. The molecule has 2 rings (SSSR count). The number of benzene rings is 1. The predicted octanol–water partition coefficient (Wildman–Crippen LogP) is 2.94. The van der Waals surface area contributed by atoms with E-state index in [4.69, 9.17) is 0 Å². The smallest absolute Gasteiger partial charge is 0.134 e. The normalized spacial score (nSPS) is 20.9. The van der Waals surface area contributed by atoms with Crippen molar-refractivity contribution in [3.05, 3.63) is 35.1 Å². The van der Waals surface area contributed by atoms with Gasteiger partial charge in [0.15, 0.2) is 0 Å². The molecule has 98 valence electrons. The second-order valence-electron chi connectivity index (χ2n) is 5.26. The third kappa shape index (κ3) is 3.16. The first-order valence-electron chi connectivity index (χ1n) is 6.54. The summed E-state index contributed by atoms with van der Waals surface area (Å²) in [4.78, 5) is 13.7. The molecule has 1 fully saturated rings. The number of nitrogens with zero attached hydrogens (tertiary/aromatic N) is 1. The Morgan fingerprint density at radius 2 is 2.28 bits per heavy atom. The molecule has 1 aliphatic rings. The Bertz CT molecular complexity index is 444. The Balaban J connectivity index is 2.02. The second-order valence-corrected chi connectivity index (χ2v) is 5.26. The van der Waals surface area contributed by atoms with E-state index in [-0.39, 0.29) is 17.5 Å². The van der Waals surface area contributed by atoms with E-state index in [1.54, 1.807) is 13.0 Å². The van der Waals surface area contributed by atoms with Gasteiger partial charge in [0.25, 0.3) is 0 Å². The Labute approximate surface area is 108 Å². The van der Waals surface area contributed by atoms with Crippen molar-refractivity contribution in [2.24, 2.45) is 5.92 Å². The number of rotatable bonds is 3. The third-order valence-corrected chi connectivity index (χ3v) is 3.78. The fourth-order valence-electron chi connectivity index (χ4n) is 2.61. The molecule has 0 bridgehead atoms. The molecule has 0 spiro atoms. The fraction of sp³-hybridized carbons (Fsp3) is 0.533. The molecule has 0 saturated carbocycles. The fourth-order valence-corrected chi connectivity index (χ4v) is 2.61. The minimum absolute atomic E-state index is 0.180. The second kappa shape index (κ2) is 5.61. The molecule has 2 nitrogen and oxygen atoms in total. The summed E-state index contributed by atoms with van der Waals surface area (Å²) in [6, 6.07) is 4.93. The van der Waals surface area contributed by atoms with Gasteiger partial charge in [0.2, 0.25) is 0 Å². The van der Waals surface area contributed by atoms with E-state index in [1.807, 2.05) is 13.0 Å². The summed E-state index contributed by atoms with van der Waals surface area (Å²) >= 11 is 0. The molecule has 0 aromatic heterocycles. The largest absolute Gasteiger partial charge is 0.300 e. The van der Waals surface area contributed by atoms with E-state index in [0.29, 0.717) is 0 Å². The van der Waals surface area contributed by atoms with Crippen molar-refractivity contribution in [2.45, 2.75) is 33.2 Å². The molecule has 18 heavy (non-hydrogen) atoms. The summed E-state index contributed by atoms with van der Waals surface area (Å²) < 4.78 is 13.0. The molecular formula is C15H20FNO. The Kier molecular flexibility index (Phi) is 4.12. The van der Waals surface area contributed by atoms with Crippen molar-refractivity contribution in [1.82, 2.24) is 4.90 Å². The lowest BCUT2D eigenvalue weighted by molar-refractivity contribution is -0.122. The van der Waals surface area contributed by atoms with Crippen LogP contribution in [0.2, 0.25) is 0 Å². The number of piperidine rings is 1. The minimum atomic E-state index is -0.184. The average molecular weight is 249 g/mol. The van der Waals surface area contributed by atoms with Gasteiger partial charge in [-0.25, -0.2) is 4.39 Å². The van der Waals surface area contributed by atoms with E-state index < -0.39 is 0 Å². The predicted molar refractivity (Wildman–Crippen MR) is 69.8 cm³/mol. The molecule has 1 unspecified atom stereocenters. The van der Waals surface area contributed by atoms with E-state index in [2.05, 4.69) is 4.90 Å². The van der Waals surface area contributed by atoms with Crippen LogP contribution >= 0.6 is 0 Å². The van der Waals surface area contributed by atoms with E-state index in [9.17, 15) is 9.18 Å². The summed E-state index contributed by atoms with van der Waals surface area (Å²) in [7, 11) is 0. The molecule has 3 heteroatoms. The van der Waals surface area contributed by atoms with Crippen LogP contribution in [-0.4, -0.2) is 23.8 Å². The van der Waals surface area contributed by atoms with Gasteiger partial charge in [-0.05, 0) is 56.5 Å². The van der Waals surface area contributed by atoms with Crippen molar-refractivity contribution in [2.75, 3.05) is 13.1 Å². The van der Waals surface area contributed by atoms with E-state index in [0.717, 1.165) is 43.6 Å². The van der Waals surface area contributed by atoms with Gasteiger partial charge in [0.05, 0.1) is 0 Å². The number of hydrogen-bond donors (Lipinski definition) is 0. The summed E-state index contributed by atoms with van der Waals surface area (Å²) in [5, 5.41) is 0. The standard InChI is InChI=1S/C15H20FNO/c1-11-8-15(16)6-5-13(11)9-17-7-3-4-14(10-17)12(2)18/h5-6,8,14H,3-4,7,9-10H2,1-2H3. The van der Waals surface area contributed by atoms with Crippen LogP contribution in [0, 0.1) is 18.7 Å². The summed E-state index contributed by atoms with van der Waals surface area (Å²) in [5.41, 5.74) is 2.14. The number of ketones is 1. The lowest BCUT2D eigenvalue weighted by atomic mass is 9.94. The molecule has 1 saturated heterocycles. The van der Waals surface area contributed by atoms with Crippen molar-refractivity contribution < 1.29 is 9.18 Å². The average Bonchev–Trinajstić information content (AvgIpc) is 2.33. The van der Waals surface area contributed by atoms with Crippen molar-refractivity contribution in [3.63, 3.8) is 0 Å². The molecule has 1 aromatic rings. The molecule has 0 amide bonds. The summed E-state index contributed by atoms with van der Waals surface area (Å²) in [6.45, 7) is 6.30. The molecule has 0 aliphatic carbocycles. The number of halogens is 1. The zero-order chi connectivity index (χ0) is 13.1. The summed E-state index contributed by atoms with van der Waals surface area (Å²) in [5.74, 6) is 0.284. The number of aryl methyl sites for hydroxylation is 1. The minimum Gasteiger partial charge on any atom is -0.300 e. The third-order valence-electron chi connectivity index (χ3n) is 3.78. The van der Waals surface area contributed by atoms with Gasteiger partial charge in [0, 0.05) is 19.0 Å². The van der Waals surface area contributed by atoms with E-state index in [1.165, 1.54) is 6.07 Å². The van der Waals surface area contributed by atoms with Crippen LogP contribution in [0.4, 0.5) is 4.39 Å². The highest BCUT2D eigenvalue weighted by atomic mass is 19.1. The zero-order valence-electron chi connectivity index (χ0n) is 11.1. The Hall–Kier alpha value is -1.22. The highest BCUT2D eigenvalue weighted by Crippen LogP contribution is 2.20. The Morgan fingerprint density at radius 1 is 1.50 bits per heavy atom. The van der Waals surface area contributed by atoms with Crippen LogP contribution in [0.15, 0.2) is 18.2 Å². The van der Waals surface area contributed by atoms with Crippen molar-refractivity contribution in [1.29, 1.82) is 0 Å². The van der Waals surface area contributed by atoms with Gasteiger partial charge in [-0.1, -0.05) is 6.07 Å². The number of Topliss-reactive ketones (excluding diaryl/α,β-unsaturated/α-hetero) is 1. The van der Waals surface area contributed by atoms with Crippen molar-refractivity contribution in [3.8, 4) is 0 Å². The van der Waals surface area contributed by atoms with Crippen LogP contribution in [0.25, 0.3) is 0 Å². The van der Waals surface area contributed by atoms with Gasteiger partial charge < -0.3 is 0 Å². The van der Waals surface area contributed by atoms with Crippen LogP contribution in [0.3, 0.4) is 0 Å². The first-order chi connectivity index (χ1) is 8.56. The maximum Gasteiger partial charge on any atom is 0.134 e. The van der Waals surface area contributed by atoms with Crippen LogP contribution in [-0.2, 0) is 11.3 Å². The monoisotopic (exact) mass is 249 g/mol. The van der Waals surface area contributed by atoms with Crippen LogP contribution in [0.1, 0.15) is 30.9 Å². The SMILES string of the molecule is CC(=O)C1CCCN(Cc2ccc(F)cc2C)C1. The Morgan fingerprint density at radius 3 is 2.94 bits per heavy atom. The number of likely N-dealkylation sites (tertiary alicyclic amines) is 1. The first kappa shape index (κ1) is 13.2. The molecule has 0 radical (unpaired) electrons.